The van der Waals surface area contributed by atoms with E-state index < -0.39 is 5.60 Å². The van der Waals surface area contributed by atoms with Crippen LogP contribution in [-0.4, -0.2) is 29.1 Å². The van der Waals surface area contributed by atoms with Gasteiger partial charge >= 0.3 is 0 Å². The molecule has 1 saturated carbocycles. The van der Waals surface area contributed by atoms with Crippen LogP contribution in [0.15, 0.2) is 30.3 Å². The lowest BCUT2D eigenvalue weighted by atomic mass is 9.84. The van der Waals surface area contributed by atoms with Crippen molar-refractivity contribution in [2.24, 2.45) is 0 Å². The minimum Gasteiger partial charge on any atom is -0.385 e. The maximum absolute atomic E-state index is 10.6. The Bertz CT molecular complexity index is 350. The first-order chi connectivity index (χ1) is 7.78. The first-order valence-corrected chi connectivity index (χ1v) is 6.30. The molecule has 2 fully saturated rings. The topological polar surface area (TPSA) is 23.5 Å². The molecule has 0 radical (unpaired) electrons. The van der Waals surface area contributed by atoms with Crippen LogP contribution in [0.3, 0.4) is 0 Å². The zero-order valence-electron chi connectivity index (χ0n) is 9.60. The fourth-order valence-electron chi connectivity index (χ4n) is 2.74. The molecule has 0 amide bonds. The highest BCUT2D eigenvalue weighted by molar-refractivity contribution is 5.23. The molecule has 2 aliphatic rings. The van der Waals surface area contributed by atoms with Crippen molar-refractivity contribution in [1.29, 1.82) is 0 Å². The van der Waals surface area contributed by atoms with Gasteiger partial charge in [-0.1, -0.05) is 30.3 Å². The molecule has 1 aromatic rings. The number of likely N-dealkylation sites (tertiary alicyclic amines) is 1. The molecule has 16 heavy (non-hydrogen) atoms. The Kier molecular flexibility index (Phi) is 2.49. The highest BCUT2D eigenvalue weighted by atomic mass is 16.3. The van der Waals surface area contributed by atoms with E-state index in [4.69, 9.17) is 0 Å². The van der Waals surface area contributed by atoms with E-state index in [0.29, 0.717) is 0 Å². The molecular formula is C14H19NO. The van der Waals surface area contributed by atoms with Crippen molar-refractivity contribution in [1.82, 2.24) is 4.90 Å². The van der Waals surface area contributed by atoms with Crippen LogP contribution in [0.4, 0.5) is 0 Å². The van der Waals surface area contributed by atoms with Gasteiger partial charge in [-0.3, -0.25) is 0 Å². The van der Waals surface area contributed by atoms with E-state index in [0.717, 1.165) is 37.5 Å². The zero-order chi connectivity index (χ0) is 11.0. The molecule has 2 heteroatoms. The van der Waals surface area contributed by atoms with Crippen LogP contribution < -0.4 is 0 Å². The highest BCUT2D eigenvalue weighted by Crippen LogP contribution is 2.37. The van der Waals surface area contributed by atoms with Crippen molar-refractivity contribution < 1.29 is 5.11 Å². The average molecular weight is 217 g/mol. The summed E-state index contributed by atoms with van der Waals surface area (Å²) in [6, 6.07) is 11.0. The first kappa shape index (κ1) is 10.3. The average Bonchev–Trinajstić information content (AvgIpc) is 3.15. The van der Waals surface area contributed by atoms with E-state index in [2.05, 4.69) is 4.90 Å². The predicted octanol–water partition coefficient (Wildman–Crippen LogP) is 2.13. The molecule has 0 spiro atoms. The van der Waals surface area contributed by atoms with E-state index in [-0.39, 0.29) is 0 Å². The predicted molar refractivity (Wildman–Crippen MR) is 64.2 cm³/mol. The van der Waals surface area contributed by atoms with E-state index >= 15 is 0 Å². The van der Waals surface area contributed by atoms with E-state index in [1.54, 1.807) is 0 Å². The molecule has 1 aliphatic heterocycles. The lowest BCUT2D eigenvalue weighted by Gasteiger charge is -2.38. The SMILES string of the molecule is OC1(c2ccccc2)CCN(C2CC2)CC1. The molecule has 0 unspecified atom stereocenters. The third-order valence-electron chi connectivity index (χ3n) is 4.00. The van der Waals surface area contributed by atoms with Crippen LogP contribution in [0, 0.1) is 0 Å². The van der Waals surface area contributed by atoms with Gasteiger partial charge in [0.2, 0.25) is 0 Å². The second kappa shape index (κ2) is 3.86. The van der Waals surface area contributed by atoms with Crippen LogP contribution in [0.25, 0.3) is 0 Å². The number of benzene rings is 1. The summed E-state index contributed by atoms with van der Waals surface area (Å²) in [5, 5.41) is 10.6. The van der Waals surface area contributed by atoms with Gasteiger partial charge in [0, 0.05) is 19.1 Å². The summed E-state index contributed by atoms with van der Waals surface area (Å²) in [6.07, 6.45) is 4.49. The van der Waals surface area contributed by atoms with Gasteiger partial charge in [-0.2, -0.15) is 0 Å². The molecule has 0 bridgehead atoms. The molecule has 3 rings (SSSR count). The van der Waals surface area contributed by atoms with Crippen molar-refractivity contribution >= 4 is 0 Å². The van der Waals surface area contributed by atoms with Crippen LogP contribution in [-0.2, 0) is 5.60 Å². The normalized spacial score (nSPS) is 25.6. The number of hydrogen-bond acceptors (Lipinski definition) is 2. The molecule has 0 aromatic heterocycles. The van der Waals surface area contributed by atoms with E-state index in [9.17, 15) is 5.11 Å². The Morgan fingerprint density at radius 2 is 1.69 bits per heavy atom. The third-order valence-corrected chi connectivity index (χ3v) is 4.00. The van der Waals surface area contributed by atoms with E-state index in [1.807, 2.05) is 30.3 Å². The summed E-state index contributed by atoms with van der Waals surface area (Å²) >= 11 is 0. The summed E-state index contributed by atoms with van der Waals surface area (Å²) in [5.74, 6) is 0. The minimum atomic E-state index is -0.577. The Labute approximate surface area is 96.9 Å². The Morgan fingerprint density at radius 3 is 2.25 bits per heavy atom. The van der Waals surface area contributed by atoms with Crippen LogP contribution in [0.1, 0.15) is 31.2 Å². The smallest absolute Gasteiger partial charge is 0.0920 e. The van der Waals surface area contributed by atoms with Crippen molar-refractivity contribution in [2.45, 2.75) is 37.3 Å². The van der Waals surface area contributed by atoms with Gasteiger partial charge in [-0.15, -0.1) is 0 Å². The second-order valence-electron chi connectivity index (χ2n) is 5.16. The molecule has 1 aromatic carbocycles. The van der Waals surface area contributed by atoms with Gasteiger partial charge < -0.3 is 10.0 Å². The second-order valence-corrected chi connectivity index (χ2v) is 5.16. The van der Waals surface area contributed by atoms with Gasteiger partial charge in [0.15, 0.2) is 0 Å². The number of rotatable bonds is 2. The Balaban J connectivity index is 1.71. The van der Waals surface area contributed by atoms with Crippen LogP contribution in [0.2, 0.25) is 0 Å². The van der Waals surface area contributed by atoms with Gasteiger partial charge in [0.1, 0.15) is 0 Å². The highest BCUT2D eigenvalue weighted by Gasteiger charge is 2.38. The quantitative estimate of drug-likeness (QED) is 0.820. The monoisotopic (exact) mass is 217 g/mol. The first-order valence-electron chi connectivity index (χ1n) is 6.30. The molecule has 1 saturated heterocycles. The maximum Gasteiger partial charge on any atom is 0.0920 e. The number of piperidine rings is 1. The van der Waals surface area contributed by atoms with Crippen molar-refractivity contribution in [3.05, 3.63) is 35.9 Å². The van der Waals surface area contributed by atoms with Gasteiger partial charge in [-0.25, -0.2) is 0 Å². The fraction of sp³-hybridized carbons (Fsp3) is 0.571. The zero-order valence-corrected chi connectivity index (χ0v) is 9.60. The summed E-state index contributed by atoms with van der Waals surface area (Å²) in [5.41, 5.74) is 0.512. The molecule has 1 aliphatic carbocycles. The summed E-state index contributed by atoms with van der Waals surface area (Å²) in [4.78, 5) is 2.54. The van der Waals surface area contributed by atoms with Gasteiger partial charge in [0.05, 0.1) is 5.60 Å². The van der Waals surface area contributed by atoms with Crippen molar-refractivity contribution in [3.8, 4) is 0 Å². The molecule has 1 N–H and O–H groups in total. The molecule has 0 atom stereocenters. The van der Waals surface area contributed by atoms with Crippen LogP contribution in [0.5, 0.6) is 0 Å². The lowest BCUT2D eigenvalue weighted by Crippen LogP contribution is -2.43. The van der Waals surface area contributed by atoms with Gasteiger partial charge in [0.25, 0.3) is 0 Å². The van der Waals surface area contributed by atoms with Gasteiger partial charge in [-0.05, 0) is 31.2 Å². The Hall–Kier alpha value is -0.860. The lowest BCUT2D eigenvalue weighted by molar-refractivity contribution is -0.0277. The minimum absolute atomic E-state index is 0.577. The third kappa shape index (κ3) is 1.87. The van der Waals surface area contributed by atoms with Crippen LogP contribution >= 0.6 is 0 Å². The standard InChI is InChI=1S/C14H19NO/c16-14(12-4-2-1-3-5-12)8-10-15(11-9-14)13-6-7-13/h1-5,13,16H,6-11H2. The molecule has 2 nitrogen and oxygen atoms in total. The summed E-state index contributed by atoms with van der Waals surface area (Å²) in [6.45, 7) is 2.10. The number of aliphatic hydroxyl groups is 1. The number of nitrogens with zero attached hydrogens (tertiary/aromatic N) is 1. The fourth-order valence-corrected chi connectivity index (χ4v) is 2.74. The summed E-state index contributed by atoms with van der Waals surface area (Å²) < 4.78 is 0. The largest absolute Gasteiger partial charge is 0.385 e. The maximum atomic E-state index is 10.6. The number of hydrogen-bond donors (Lipinski definition) is 1. The van der Waals surface area contributed by atoms with Crippen molar-refractivity contribution in [3.63, 3.8) is 0 Å². The van der Waals surface area contributed by atoms with E-state index in [1.165, 1.54) is 12.8 Å². The molecular weight excluding hydrogens is 198 g/mol. The molecule has 1 heterocycles. The Morgan fingerprint density at radius 1 is 1.06 bits per heavy atom. The van der Waals surface area contributed by atoms with Crippen molar-refractivity contribution in [2.75, 3.05) is 13.1 Å². The molecule has 86 valence electrons. The summed E-state index contributed by atoms with van der Waals surface area (Å²) in [7, 11) is 0.